The number of halogens is 3. The zero-order valence-corrected chi connectivity index (χ0v) is 15.5. The van der Waals surface area contributed by atoms with Crippen LogP contribution in [0.3, 0.4) is 0 Å². The van der Waals surface area contributed by atoms with E-state index in [-0.39, 0.29) is 30.0 Å². The Morgan fingerprint density at radius 1 is 1.11 bits per heavy atom. The summed E-state index contributed by atoms with van der Waals surface area (Å²) >= 11 is 0. The molecule has 2 fully saturated rings. The van der Waals surface area contributed by atoms with Crippen LogP contribution in [0.2, 0.25) is 0 Å². The van der Waals surface area contributed by atoms with E-state index in [1.54, 1.807) is 4.90 Å². The molecule has 2 heterocycles. The number of carbonyl (C=O) groups excluding carboxylic acids is 2. The number of nitrogens with one attached hydrogen (secondary N) is 1. The smallest absolute Gasteiger partial charge is 0.376 e. The molecule has 154 valence electrons. The van der Waals surface area contributed by atoms with Gasteiger partial charge in [-0.15, -0.1) is 0 Å². The van der Waals surface area contributed by atoms with Crippen molar-refractivity contribution in [2.24, 2.45) is 0 Å². The molecule has 2 amide bonds. The summed E-state index contributed by atoms with van der Waals surface area (Å²) in [5, 5.41) is 2.87. The van der Waals surface area contributed by atoms with Gasteiger partial charge in [-0.1, -0.05) is 0 Å². The second kappa shape index (κ2) is 8.91. The van der Waals surface area contributed by atoms with Crippen molar-refractivity contribution < 1.29 is 27.5 Å². The molecule has 2 aliphatic rings. The van der Waals surface area contributed by atoms with E-state index in [4.69, 9.17) is 4.74 Å². The minimum absolute atomic E-state index is 0.0713. The van der Waals surface area contributed by atoms with Gasteiger partial charge in [0.15, 0.2) is 0 Å². The first kappa shape index (κ1) is 20.6. The Morgan fingerprint density at radius 3 is 2.36 bits per heavy atom. The number of amides is 2. The molecule has 0 saturated carbocycles. The fraction of sp³-hybridized carbons (Fsp3) is 0.579. The molecule has 3 rings (SSSR count). The number of hydrogen-bond acceptors (Lipinski definition) is 4. The third-order valence-electron chi connectivity index (χ3n) is 5.04. The average molecular weight is 399 g/mol. The van der Waals surface area contributed by atoms with Crippen LogP contribution in [0.5, 0.6) is 0 Å². The first-order valence-electron chi connectivity index (χ1n) is 9.40. The molecule has 1 N–H and O–H groups in total. The third-order valence-corrected chi connectivity index (χ3v) is 5.04. The summed E-state index contributed by atoms with van der Waals surface area (Å²) in [6, 6.07) is 4.25. The molecular weight excluding hydrogens is 375 g/mol. The molecular formula is C19H24F3N3O3. The van der Waals surface area contributed by atoms with Gasteiger partial charge in [-0.3, -0.25) is 14.5 Å². The zero-order valence-electron chi connectivity index (χ0n) is 15.5. The SMILES string of the molecule is O=C(CN1CCN(C(=O)c2ccc(C(F)(F)F)cc2)CC1)NCC1CCCO1. The largest absolute Gasteiger partial charge is 0.416 e. The van der Waals surface area contributed by atoms with E-state index in [0.29, 0.717) is 32.7 Å². The van der Waals surface area contributed by atoms with E-state index in [1.165, 1.54) is 12.1 Å². The van der Waals surface area contributed by atoms with Crippen LogP contribution in [0, 0.1) is 0 Å². The molecule has 1 aromatic carbocycles. The predicted molar refractivity (Wildman–Crippen MR) is 95.8 cm³/mol. The van der Waals surface area contributed by atoms with E-state index in [0.717, 1.165) is 31.6 Å². The summed E-state index contributed by atoms with van der Waals surface area (Å²) in [6.07, 6.45) is -2.33. The van der Waals surface area contributed by atoms with Crippen molar-refractivity contribution >= 4 is 11.8 Å². The molecule has 28 heavy (non-hydrogen) atoms. The Morgan fingerprint density at radius 2 is 1.79 bits per heavy atom. The molecule has 1 unspecified atom stereocenters. The van der Waals surface area contributed by atoms with Gasteiger partial charge in [-0.05, 0) is 37.1 Å². The molecule has 6 nitrogen and oxygen atoms in total. The van der Waals surface area contributed by atoms with Crippen LogP contribution in [0.1, 0.15) is 28.8 Å². The van der Waals surface area contributed by atoms with Gasteiger partial charge >= 0.3 is 6.18 Å². The van der Waals surface area contributed by atoms with Crippen LogP contribution >= 0.6 is 0 Å². The minimum Gasteiger partial charge on any atom is -0.376 e. The van der Waals surface area contributed by atoms with Crippen molar-refractivity contribution in [1.29, 1.82) is 0 Å². The van der Waals surface area contributed by atoms with Crippen molar-refractivity contribution in [2.75, 3.05) is 45.9 Å². The Labute approximate surface area is 161 Å². The van der Waals surface area contributed by atoms with Crippen LogP contribution in [0.25, 0.3) is 0 Å². The van der Waals surface area contributed by atoms with Gasteiger partial charge in [0.1, 0.15) is 0 Å². The van der Waals surface area contributed by atoms with Crippen LogP contribution in [-0.4, -0.2) is 73.6 Å². The van der Waals surface area contributed by atoms with Gasteiger partial charge in [-0.25, -0.2) is 0 Å². The molecule has 0 aliphatic carbocycles. The first-order valence-corrected chi connectivity index (χ1v) is 9.40. The van der Waals surface area contributed by atoms with Crippen LogP contribution in [-0.2, 0) is 15.7 Å². The lowest BCUT2D eigenvalue weighted by molar-refractivity contribution is -0.137. The maximum absolute atomic E-state index is 12.6. The fourth-order valence-corrected chi connectivity index (χ4v) is 3.39. The molecule has 0 radical (unpaired) electrons. The zero-order chi connectivity index (χ0) is 20.1. The van der Waals surface area contributed by atoms with E-state index in [1.807, 2.05) is 4.90 Å². The number of benzene rings is 1. The Bertz CT molecular complexity index is 680. The lowest BCUT2D eigenvalue weighted by atomic mass is 10.1. The second-order valence-corrected chi connectivity index (χ2v) is 7.08. The number of carbonyl (C=O) groups is 2. The molecule has 1 atom stereocenters. The highest BCUT2D eigenvalue weighted by Gasteiger charge is 2.31. The fourth-order valence-electron chi connectivity index (χ4n) is 3.39. The lowest BCUT2D eigenvalue weighted by Crippen LogP contribution is -2.51. The summed E-state index contributed by atoms with van der Waals surface area (Å²) in [6.45, 7) is 3.47. The van der Waals surface area contributed by atoms with Gasteiger partial charge < -0.3 is 15.0 Å². The maximum Gasteiger partial charge on any atom is 0.416 e. The lowest BCUT2D eigenvalue weighted by Gasteiger charge is -2.34. The standard InChI is InChI=1S/C19H24F3N3O3/c20-19(21,22)15-5-3-14(4-6-15)18(27)25-9-7-24(8-10-25)13-17(26)23-12-16-2-1-11-28-16/h3-6,16H,1-2,7-13H2,(H,23,26). The number of ether oxygens (including phenoxy) is 1. The van der Waals surface area contributed by atoms with Gasteiger partial charge in [-0.2, -0.15) is 13.2 Å². The maximum atomic E-state index is 12.6. The average Bonchev–Trinajstić information content (AvgIpc) is 3.19. The number of piperazine rings is 1. The summed E-state index contributed by atoms with van der Waals surface area (Å²) in [5.74, 6) is -0.366. The highest BCUT2D eigenvalue weighted by atomic mass is 19.4. The van der Waals surface area contributed by atoms with Crippen molar-refractivity contribution in [1.82, 2.24) is 15.1 Å². The van der Waals surface area contributed by atoms with Crippen molar-refractivity contribution in [3.05, 3.63) is 35.4 Å². The van der Waals surface area contributed by atoms with Crippen LogP contribution in [0.4, 0.5) is 13.2 Å². The molecule has 2 aliphatic heterocycles. The number of nitrogens with zero attached hydrogens (tertiary/aromatic N) is 2. The molecule has 9 heteroatoms. The van der Waals surface area contributed by atoms with Gasteiger partial charge in [0, 0.05) is 44.9 Å². The van der Waals surface area contributed by atoms with Gasteiger partial charge in [0.25, 0.3) is 5.91 Å². The van der Waals surface area contributed by atoms with E-state index < -0.39 is 11.7 Å². The predicted octanol–water partition coefficient (Wildman–Crippen LogP) is 1.76. The van der Waals surface area contributed by atoms with Gasteiger partial charge in [0.05, 0.1) is 18.2 Å². The van der Waals surface area contributed by atoms with Crippen molar-refractivity contribution in [3.8, 4) is 0 Å². The Hall–Kier alpha value is -2.13. The van der Waals surface area contributed by atoms with Crippen LogP contribution < -0.4 is 5.32 Å². The quantitative estimate of drug-likeness (QED) is 0.820. The van der Waals surface area contributed by atoms with Crippen molar-refractivity contribution in [2.45, 2.75) is 25.1 Å². The normalized spacial score (nSPS) is 21.0. The molecule has 0 spiro atoms. The highest BCUT2D eigenvalue weighted by molar-refractivity contribution is 5.94. The molecule has 2 saturated heterocycles. The number of hydrogen-bond donors (Lipinski definition) is 1. The first-order chi connectivity index (χ1) is 13.3. The van der Waals surface area contributed by atoms with Crippen molar-refractivity contribution in [3.63, 3.8) is 0 Å². The minimum atomic E-state index is -4.42. The van der Waals surface area contributed by atoms with Gasteiger partial charge in [0.2, 0.25) is 5.91 Å². The van der Waals surface area contributed by atoms with E-state index >= 15 is 0 Å². The highest BCUT2D eigenvalue weighted by Crippen LogP contribution is 2.29. The summed E-state index contributed by atoms with van der Waals surface area (Å²) in [5.41, 5.74) is -0.543. The second-order valence-electron chi connectivity index (χ2n) is 7.08. The topological polar surface area (TPSA) is 61.9 Å². The van der Waals surface area contributed by atoms with E-state index in [9.17, 15) is 22.8 Å². The van der Waals surface area contributed by atoms with Crippen LogP contribution in [0.15, 0.2) is 24.3 Å². The third kappa shape index (κ3) is 5.45. The summed E-state index contributed by atoms with van der Waals surface area (Å²) in [4.78, 5) is 28.1. The molecule has 0 bridgehead atoms. The summed E-state index contributed by atoms with van der Waals surface area (Å²) < 4.78 is 43.3. The molecule has 0 aromatic heterocycles. The monoisotopic (exact) mass is 399 g/mol. The number of rotatable bonds is 5. The Kier molecular flexibility index (Phi) is 6.56. The molecule has 1 aromatic rings. The summed E-state index contributed by atoms with van der Waals surface area (Å²) in [7, 11) is 0. The Balaban J connectivity index is 1.42. The van der Waals surface area contributed by atoms with E-state index in [2.05, 4.69) is 5.32 Å². The number of alkyl halides is 3.